The molecule has 220 valence electrons. The van der Waals surface area contributed by atoms with Crippen LogP contribution >= 0.6 is 0 Å². The lowest BCUT2D eigenvalue weighted by Crippen LogP contribution is -2.53. The van der Waals surface area contributed by atoms with Crippen molar-refractivity contribution in [3.63, 3.8) is 0 Å². The zero-order chi connectivity index (χ0) is 30.0. The highest BCUT2D eigenvalue weighted by molar-refractivity contribution is 7.92. The van der Waals surface area contributed by atoms with Crippen molar-refractivity contribution in [2.45, 2.75) is 32.9 Å². The highest BCUT2D eigenvalue weighted by Crippen LogP contribution is 2.23. The summed E-state index contributed by atoms with van der Waals surface area (Å²) in [6.45, 7) is 4.00. The van der Waals surface area contributed by atoms with Crippen LogP contribution in [0.25, 0.3) is 0 Å². The van der Waals surface area contributed by atoms with Crippen molar-refractivity contribution in [1.29, 1.82) is 0 Å². The summed E-state index contributed by atoms with van der Waals surface area (Å²) >= 11 is 0. The molecule has 0 spiro atoms. The summed E-state index contributed by atoms with van der Waals surface area (Å²) in [5.41, 5.74) is 1.92. The molecule has 41 heavy (non-hydrogen) atoms. The number of carbonyl (C=O) groups excluding carboxylic acids is 2. The quantitative estimate of drug-likeness (QED) is 0.310. The number of carbonyl (C=O) groups is 2. The molecule has 0 saturated carbocycles. The van der Waals surface area contributed by atoms with Crippen LogP contribution in [0, 0.1) is 5.92 Å². The van der Waals surface area contributed by atoms with Crippen LogP contribution in [0.15, 0.2) is 78.9 Å². The van der Waals surface area contributed by atoms with Gasteiger partial charge >= 0.3 is 0 Å². The minimum atomic E-state index is -3.85. The van der Waals surface area contributed by atoms with Crippen molar-refractivity contribution in [2.75, 3.05) is 37.9 Å². The van der Waals surface area contributed by atoms with Gasteiger partial charge in [-0.05, 0) is 53.4 Å². The molecular formula is C31H39N3O6S. The van der Waals surface area contributed by atoms with Crippen molar-refractivity contribution in [2.24, 2.45) is 5.92 Å². The number of sulfonamides is 1. The molecule has 0 bridgehead atoms. The van der Waals surface area contributed by atoms with E-state index in [4.69, 9.17) is 9.47 Å². The smallest absolute Gasteiger partial charge is 0.244 e. The third kappa shape index (κ3) is 9.24. The number of hydrogen-bond donors (Lipinski definition) is 1. The molecule has 0 fully saturated rings. The Morgan fingerprint density at radius 3 is 2.07 bits per heavy atom. The van der Waals surface area contributed by atoms with Gasteiger partial charge in [-0.25, -0.2) is 8.42 Å². The molecule has 10 heteroatoms. The van der Waals surface area contributed by atoms with Gasteiger partial charge in [0.25, 0.3) is 0 Å². The number of amides is 2. The maximum atomic E-state index is 14.1. The lowest BCUT2D eigenvalue weighted by Gasteiger charge is -2.33. The van der Waals surface area contributed by atoms with E-state index in [1.807, 2.05) is 56.3 Å². The van der Waals surface area contributed by atoms with Crippen LogP contribution in [0.1, 0.15) is 25.0 Å². The molecule has 0 aliphatic rings. The normalized spacial score (nSPS) is 12.0. The first kappa shape index (κ1) is 31.5. The number of methoxy groups -OCH3 is 2. The van der Waals surface area contributed by atoms with E-state index in [2.05, 4.69) is 5.32 Å². The van der Waals surface area contributed by atoms with Crippen LogP contribution in [0.5, 0.6) is 11.5 Å². The zero-order valence-corrected chi connectivity index (χ0v) is 25.1. The van der Waals surface area contributed by atoms with Crippen LogP contribution in [0.2, 0.25) is 0 Å². The highest BCUT2D eigenvalue weighted by atomic mass is 32.2. The van der Waals surface area contributed by atoms with Gasteiger partial charge in [0.05, 0.1) is 26.2 Å². The molecule has 3 rings (SSSR count). The van der Waals surface area contributed by atoms with E-state index >= 15 is 0 Å². The Bertz CT molecular complexity index is 1390. The summed E-state index contributed by atoms with van der Waals surface area (Å²) in [6.07, 6.45) is 1.30. The standard InChI is InChI=1S/C31H39N3O6S/c1-23(2)20-32-31(36)29(19-24-10-7-6-8-11-24)33(21-25-12-9-13-28(18-25)40-4)30(35)22-34(41(5,37)38)26-14-16-27(39-3)17-15-26/h6-18,23,29H,19-22H2,1-5H3,(H,32,36)/t29-/m0/s1. The third-order valence-corrected chi connectivity index (χ3v) is 7.62. The van der Waals surface area contributed by atoms with Gasteiger partial charge in [0, 0.05) is 19.5 Å². The molecule has 0 aromatic heterocycles. The lowest BCUT2D eigenvalue weighted by atomic mass is 10.0. The number of rotatable bonds is 14. The summed E-state index contributed by atoms with van der Waals surface area (Å²) < 4.78 is 37.4. The second-order valence-electron chi connectivity index (χ2n) is 10.2. The average Bonchev–Trinajstić information content (AvgIpc) is 2.96. The first-order valence-electron chi connectivity index (χ1n) is 13.4. The number of nitrogens with one attached hydrogen (secondary N) is 1. The molecular weight excluding hydrogens is 542 g/mol. The van der Waals surface area contributed by atoms with Crippen LogP contribution < -0.4 is 19.1 Å². The maximum absolute atomic E-state index is 14.1. The van der Waals surface area contributed by atoms with Crippen molar-refractivity contribution in [3.8, 4) is 11.5 Å². The Balaban J connectivity index is 2.05. The van der Waals surface area contributed by atoms with E-state index in [1.54, 1.807) is 43.5 Å². The van der Waals surface area contributed by atoms with Gasteiger partial charge in [-0.2, -0.15) is 0 Å². The first-order valence-corrected chi connectivity index (χ1v) is 15.2. The van der Waals surface area contributed by atoms with Crippen LogP contribution in [-0.2, 0) is 32.6 Å². The van der Waals surface area contributed by atoms with Crippen molar-refractivity contribution >= 4 is 27.5 Å². The molecule has 0 heterocycles. The summed E-state index contributed by atoms with van der Waals surface area (Å²) in [5, 5.41) is 2.97. The predicted octanol–water partition coefficient (Wildman–Crippen LogP) is 3.88. The SMILES string of the molecule is COc1ccc(N(CC(=O)N(Cc2cccc(OC)c2)[C@@H](Cc2ccccc2)C(=O)NCC(C)C)S(C)(=O)=O)cc1. The molecule has 0 saturated heterocycles. The maximum Gasteiger partial charge on any atom is 0.244 e. The second kappa shape index (κ2) is 14.5. The second-order valence-corrected chi connectivity index (χ2v) is 12.1. The van der Waals surface area contributed by atoms with Gasteiger partial charge in [0.15, 0.2) is 0 Å². The van der Waals surface area contributed by atoms with E-state index in [9.17, 15) is 18.0 Å². The Hall–Kier alpha value is -4.05. The van der Waals surface area contributed by atoms with Gasteiger partial charge in [0.2, 0.25) is 21.8 Å². The Labute approximate surface area is 243 Å². The fourth-order valence-electron chi connectivity index (χ4n) is 4.31. The number of nitrogens with zero attached hydrogens (tertiary/aromatic N) is 2. The summed E-state index contributed by atoms with van der Waals surface area (Å²) in [6, 6.07) is 22.2. The average molecular weight is 582 g/mol. The van der Waals surface area contributed by atoms with E-state index in [1.165, 1.54) is 12.0 Å². The van der Waals surface area contributed by atoms with Crippen LogP contribution in [0.4, 0.5) is 5.69 Å². The molecule has 1 N–H and O–H groups in total. The summed E-state index contributed by atoms with van der Waals surface area (Å²) in [5.74, 6) is 0.534. The molecule has 2 amide bonds. The van der Waals surface area contributed by atoms with E-state index in [0.29, 0.717) is 23.7 Å². The molecule has 9 nitrogen and oxygen atoms in total. The number of benzene rings is 3. The van der Waals surface area contributed by atoms with Gasteiger partial charge in [-0.1, -0.05) is 56.3 Å². The predicted molar refractivity (Wildman–Crippen MR) is 161 cm³/mol. The minimum Gasteiger partial charge on any atom is -0.497 e. The van der Waals surface area contributed by atoms with Crippen molar-refractivity contribution in [1.82, 2.24) is 10.2 Å². The Kier molecular flexibility index (Phi) is 11.2. The highest BCUT2D eigenvalue weighted by Gasteiger charge is 2.33. The first-order chi connectivity index (χ1) is 19.5. The van der Waals surface area contributed by atoms with Gasteiger partial charge in [-0.15, -0.1) is 0 Å². The number of anilines is 1. The van der Waals surface area contributed by atoms with Gasteiger partial charge in [0.1, 0.15) is 24.1 Å². The zero-order valence-electron chi connectivity index (χ0n) is 24.2. The molecule has 0 radical (unpaired) electrons. The summed E-state index contributed by atoms with van der Waals surface area (Å²) in [7, 11) is -0.783. The Morgan fingerprint density at radius 2 is 1.49 bits per heavy atom. The van der Waals surface area contributed by atoms with E-state index in [-0.39, 0.29) is 24.8 Å². The monoisotopic (exact) mass is 581 g/mol. The minimum absolute atomic E-state index is 0.0723. The Morgan fingerprint density at radius 1 is 0.854 bits per heavy atom. The molecule has 0 aliphatic carbocycles. The van der Waals surface area contributed by atoms with Crippen LogP contribution in [0.3, 0.4) is 0 Å². The number of ether oxygens (including phenoxy) is 2. The topological polar surface area (TPSA) is 105 Å². The molecule has 0 aliphatic heterocycles. The largest absolute Gasteiger partial charge is 0.497 e. The van der Waals surface area contributed by atoms with Gasteiger partial charge in [-0.3, -0.25) is 13.9 Å². The van der Waals surface area contributed by atoms with Crippen molar-refractivity contribution < 1.29 is 27.5 Å². The third-order valence-electron chi connectivity index (χ3n) is 6.48. The number of hydrogen-bond acceptors (Lipinski definition) is 6. The fraction of sp³-hybridized carbons (Fsp3) is 0.355. The molecule has 3 aromatic rings. The summed E-state index contributed by atoms with van der Waals surface area (Å²) in [4.78, 5) is 29.2. The van der Waals surface area contributed by atoms with Crippen molar-refractivity contribution in [3.05, 3.63) is 90.0 Å². The van der Waals surface area contributed by atoms with E-state index < -0.39 is 28.5 Å². The van der Waals surface area contributed by atoms with Gasteiger partial charge < -0.3 is 19.7 Å². The fourth-order valence-corrected chi connectivity index (χ4v) is 5.16. The van der Waals surface area contributed by atoms with Crippen LogP contribution in [-0.4, -0.2) is 64.7 Å². The molecule has 1 atom stereocenters. The molecule has 3 aromatic carbocycles. The lowest BCUT2D eigenvalue weighted by molar-refractivity contribution is -0.140. The van der Waals surface area contributed by atoms with E-state index in [0.717, 1.165) is 21.7 Å². The molecule has 0 unspecified atom stereocenters.